The van der Waals surface area contributed by atoms with Gasteiger partial charge in [0.15, 0.2) is 11.9 Å². The molecule has 0 spiro atoms. The number of imidazole rings is 1. The van der Waals surface area contributed by atoms with Crippen LogP contribution >= 0.6 is 15.9 Å². The number of fused-ring (bicyclic) bond motifs is 1. The molecule has 0 amide bonds. The van der Waals surface area contributed by atoms with Crippen LogP contribution in [0.3, 0.4) is 0 Å². The van der Waals surface area contributed by atoms with Gasteiger partial charge >= 0.3 is 0 Å². The number of carbonyl (C=O) groups is 1. The molecule has 2 aromatic rings. The van der Waals surface area contributed by atoms with Crippen LogP contribution in [0.4, 0.5) is 4.39 Å². The number of alkyl halides is 1. The van der Waals surface area contributed by atoms with E-state index in [1.54, 1.807) is 22.9 Å². The smallest absolute Gasteiger partial charge is 0.170 e. The summed E-state index contributed by atoms with van der Waals surface area (Å²) in [6.07, 6.45) is 3.83. The molecule has 2 heterocycles. The third-order valence-corrected chi connectivity index (χ3v) is 2.44. The zero-order valence-corrected chi connectivity index (χ0v) is 8.66. The lowest BCUT2D eigenvalue weighted by molar-refractivity contribution is 0.111. The summed E-state index contributed by atoms with van der Waals surface area (Å²) in [6.45, 7) is -0.539. The molecule has 72 valence electrons. The number of carbonyl (C=O) groups excluding carboxylic acids is 1. The zero-order valence-electron chi connectivity index (χ0n) is 7.08. The predicted molar refractivity (Wildman–Crippen MR) is 53.1 cm³/mol. The molecule has 0 radical (unpaired) electrons. The van der Waals surface area contributed by atoms with Crippen LogP contribution in [-0.2, 0) is 6.67 Å². The highest BCUT2D eigenvalue weighted by Crippen LogP contribution is 2.19. The van der Waals surface area contributed by atoms with E-state index >= 15 is 0 Å². The minimum absolute atomic E-state index is 0.335. The molecule has 0 aliphatic heterocycles. The summed E-state index contributed by atoms with van der Waals surface area (Å²) in [6, 6.07) is 1.65. The summed E-state index contributed by atoms with van der Waals surface area (Å²) in [5.74, 6) is 0. The maximum absolute atomic E-state index is 12.4. The van der Waals surface area contributed by atoms with E-state index in [1.807, 2.05) is 0 Å². The Morgan fingerprint density at radius 2 is 2.36 bits per heavy atom. The fourth-order valence-corrected chi connectivity index (χ4v) is 1.85. The number of halogens is 2. The second-order valence-corrected chi connectivity index (χ2v) is 3.70. The molecular weight excluding hydrogens is 251 g/mol. The first kappa shape index (κ1) is 9.33. The van der Waals surface area contributed by atoms with Crippen LogP contribution < -0.4 is 0 Å². The Morgan fingerprint density at radius 1 is 1.57 bits per heavy atom. The Kier molecular flexibility index (Phi) is 2.33. The van der Waals surface area contributed by atoms with Gasteiger partial charge in [-0.15, -0.1) is 0 Å². The van der Waals surface area contributed by atoms with Crippen molar-refractivity contribution in [1.29, 1.82) is 0 Å². The van der Waals surface area contributed by atoms with Crippen LogP contribution in [0.25, 0.3) is 5.65 Å². The van der Waals surface area contributed by atoms with Crippen molar-refractivity contribution in [2.75, 3.05) is 0 Å². The molecule has 14 heavy (non-hydrogen) atoms. The highest BCUT2D eigenvalue weighted by atomic mass is 79.9. The van der Waals surface area contributed by atoms with Crippen molar-refractivity contribution in [1.82, 2.24) is 9.38 Å². The fourth-order valence-electron chi connectivity index (χ4n) is 1.26. The molecule has 0 saturated heterocycles. The standard InChI is InChI=1S/C9H6BrFN2O/c10-8-1-6(2-11)3-13-4-7(5-14)12-9(8)13/h1,3-5H,2H2. The normalized spacial score (nSPS) is 10.7. The van der Waals surface area contributed by atoms with Gasteiger partial charge < -0.3 is 4.40 Å². The molecule has 0 atom stereocenters. The maximum Gasteiger partial charge on any atom is 0.170 e. The average molecular weight is 257 g/mol. The molecule has 2 rings (SSSR count). The van der Waals surface area contributed by atoms with Crippen LogP contribution in [-0.4, -0.2) is 15.7 Å². The van der Waals surface area contributed by atoms with Gasteiger partial charge in [-0.25, -0.2) is 9.37 Å². The molecule has 0 saturated carbocycles. The number of pyridine rings is 1. The van der Waals surface area contributed by atoms with Crippen LogP contribution in [0, 0.1) is 0 Å². The van der Waals surface area contributed by atoms with Gasteiger partial charge in [-0.1, -0.05) is 0 Å². The first-order chi connectivity index (χ1) is 6.74. The number of hydrogen-bond donors (Lipinski definition) is 0. The van der Waals surface area contributed by atoms with Gasteiger partial charge in [-0.3, -0.25) is 4.79 Å². The van der Waals surface area contributed by atoms with Crippen molar-refractivity contribution in [3.63, 3.8) is 0 Å². The van der Waals surface area contributed by atoms with E-state index in [0.717, 1.165) is 0 Å². The third kappa shape index (κ3) is 1.43. The fraction of sp³-hybridized carbons (Fsp3) is 0.111. The Morgan fingerprint density at radius 3 is 3.00 bits per heavy atom. The molecule has 0 aromatic carbocycles. The molecule has 5 heteroatoms. The van der Waals surface area contributed by atoms with Gasteiger partial charge in [0.2, 0.25) is 0 Å². The molecule has 2 aromatic heterocycles. The van der Waals surface area contributed by atoms with E-state index in [2.05, 4.69) is 20.9 Å². The maximum atomic E-state index is 12.4. The van der Waals surface area contributed by atoms with Gasteiger partial charge in [0, 0.05) is 18.0 Å². The molecular formula is C9H6BrFN2O. The van der Waals surface area contributed by atoms with Gasteiger partial charge in [-0.2, -0.15) is 0 Å². The van der Waals surface area contributed by atoms with Gasteiger partial charge in [-0.05, 0) is 22.0 Å². The second kappa shape index (κ2) is 3.49. The number of aldehydes is 1. The summed E-state index contributed by atoms with van der Waals surface area (Å²) >= 11 is 3.27. The van der Waals surface area contributed by atoms with Crippen molar-refractivity contribution in [2.24, 2.45) is 0 Å². The zero-order chi connectivity index (χ0) is 10.1. The van der Waals surface area contributed by atoms with E-state index in [9.17, 15) is 9.18 Å². The lowest BCUT2D eigenvalue weighted by Gasteiger charge is -1.99. The Balaban J connectivity index is 2.73. The van der Waals surface area contributed by atoms with Crippen molar-refractivity contribution in [3.8, 4) is 0 Å². The van der Waals surface area contributed by atoms with Gasteiger partial charge in [0.05, 0.1) is 4.47 Å². The van der Waals surface area contributed by atoms with E-state index < -0.39 is 6.67 Å². The van der Waals surface area contributed by atoms with Crippen LogP contribution in [0.1, 0.15) is 16.1 Å². The summed E-state index contributed by atoms with van der Waals surface area (Å²) in [4.78, 5) is 14.5. The third-order valence-electron chi connectivity index (χ3n) is 1.86. The number of hydrogen-bond acceptors (Lipinski definition) is 2. The van der Waals surface area contributed by atoms with Crippen LogP contribution in [0.2, 0.25) is 0 Å². The lowest BCUT2D eigenvalue weighted by Crippen LogP contribution is -1.88. The highest BCUT2D eigenvalue weighted by Gasteiger charge is 2.05. The minimum Gasteiger partial charge on any atom is -0.305 e. The largest absolute Gasteiger partial charge is 0.305 e. The molecule has 3 nitrogen and oxygen atoms in total. The molecule has 0 aliphatic rings. The predicted octanol–water partition coefficient (Wildman–Crippen LogP) is 2.38. The first-order valence-electron chi connectivity index (χ1n) is 3.93. The molecule has 0 bridgehead atoms. The Labute approximate surface area is 87.7 Å². The van der Waals surface area contributed by atoms with Crippen LogP contribution in [0.15, 0.2) is 22.9 Å². The number of aromatic nitrogens is 2. The topological polar surface area (TPSA) is 34.4 Å². The highest BCUT2D eigenvalue weighted by molar-refractivity contribution is 9.10. The average Bonchev–Trinajstić information content (AvgIpc) is 2.61. The van der Waals surface area contributed by atoms with Gasteiger partial charge in [0.1, 0.15) is 12.4 Å². The van der Waals surface area contributed by atoms with Crippen molar-refractivity contribution in [3.05, 3.63) is 34.2 Å². The van der Waals surface area contributed by atoms with E-state index in [1.165, 1.54) is 0 Å². The second-order valence-electron chi connectivity index (χ2n) is 2.84. The van der Waals surface area contributed by atoms with Crippen molar-refractivity contribution in [2.45, 2.75) is 6.67 Å². The summed E-state index contributed by atoms with van der Waals surface area (Å²) in [5, 5.41) is 0. The summed E-state index contributed by atoms with van der Waals surface area (Å²) < 4.78 is 14.7. The molecule has 0 unspecified atom stereocenters. The SMILES string of the molecule is O=Cc1cn2cc(CF)cc(Br)c2n1. The first-order valence-corrected chi connectivity index (χ1v) is 4.72. The molecule has 0 fully saturated rings. The quantitative estimate of drug-likeness (QED) is 0.774. The Bertz CT molecular complexity index is 495. The van der Waals surface area contributed by atoms with E-state index in [0.29, 0.717) is 27.7 Å². The lowest BCUT2D eigenvalue weighted by atomic mass is 10.3. The molecule has 0 aliphatic carbocycles. The van der Waals surface area contributed by atoms with Crippen molar-refractivity contribution >= 4 is 27.9 Å². The number of nitrogens with zero attached hydrogens (tertiary/aromatic N) is 2. The Hall–Kier alpha value is -1.23. The van der Waals surface area contributed by atoms with Crippen LogP contribution in [0.5, 0.6) is 0 Å². The number of rotatable bonds is 2. The monoisotopic (exact) mass is 256 g/mol. The van der Waals surface area contributed by atoms with Crippen molar-refractivity contribution < 1.29 is 9.18 Å². The van der Waals surface area contributed by atoms with E-state index in [4.69, 9.17) is 0 Å². The van der Waals surface area contributed by atoms with Gasteiger partial charge in [0.25, 0.3) is 0 Å². The minimum atomic E-state index is -0.539. The summed E-state index contributed by atoms with van der Waals surface area (Å²) in [7, 11) is 0. The summed E-state index contributed by atoms with van der Waals surface area (Å²) in [5.41, 5.74) is 1.49. The van der Waals surface area contributed by atoms with E-state index in [-0.39, 0.29) is 0 Å². The molecule has 0 N–H and O–H groups in total.